The SMILES string of the molecule is CCOc1ccc(CNC(=O)c2ccc(N3CCCCC3)cc2)cc1. The van der Waals surface area contributed by atoms with Crippen molar-refractivity contribution in [2.24, 2.45) is 0 Å². The Morgan fingerprint density at radius 3 is 2.32 bits per heavy atom. The summed E-state index contributed by atoms with van der Waals surface area (Å²) in [5.41, 5.74) is 2.97. The molecule has 1 saturated heterocycles. The molecule has 0 saturated carbocycles. The van der Waals surface area contributed by atoms with E-state index in [1.54, 1.807) is 0 Å². The molecule has 0 bridgehead atoms. The van der Waals surface area contributed by atoms with Gasteiger partial charge in [-0.3, -0.25) is 4.79 Å². The molecule has 1 N–H and O–H groups in total. The second kappa shape index (κ2) is 8.56. The van der Waals surface area contributed by atoms with Crippen molar-refractivity contribution in [2.45, 2.75) is 32.7 Å². The monoisotopic (exact) mass is 338 g/mol. The molecule has 1 aliphatic rings. The number of carbonyl (C=O) groups is 1. The maximum Gasteiger partial charge on any atom is 0.251 e. The summed E-state index contributed by atoms with van der Waals surface area (Å²) in [6.45, 7) is 5.36. The first-order chi connectivity index (χ1) is 12.3. The van der Waals surface area contributed by atoms with Crippen molar-refractivity contribution >= 4 is 11.6 Å². The molecule has 1 heterocycles. The Kier molecular flexibility index (Phi) is 5.94. The molecule has 1 amide bonds. The molecule has 132 valence electrons. The lowest BCUT2D eigenvalue weighted by molar-refractivity contribution is 0.0951. The first kappa shape index (κ1) is 17.3. The summed E-state index contributed by atoms with van der Waals surface area (Å²) in [5.74, 6) is 0.810. The third kappa shape index (κ3) is 4.75. The minimum Gasteiger partial charge on any atom is -0.494 e. The fourth-order valence-electron chi connectivity index (χ4n) is 3.13. The van der Waals surface area contributed by atoms with Crippen LogP contribution in [0.2, 0.25) is 0 Å². The van der Waals surface area contributed by atoms with Crippen LogP contribution < -0.4 is 15.0 Å². The number of ether oxygens (including phenoxy) is 1. The van der Waals surface area contributed by atoms with Crippen LogP contribution in [0.15, 0.2) is 48.5 Å². The molecule has 2 aromatic carbocycles. The van der Waals surface area contributed by atoms with E-state index < -0.39 is 0 Å². The van der Waals surface area contributed by atoms with Crippen molar-refractivity contribution in [3.05, 3.63) is 59.7 Å². The summed E-state index contributed by atoms with van der Waals surface area (Å²) in [7, 11) is 0. The highest BCUT2D eigenvalue weighted by molar-refractivity contribution is 5.94. The van der Waals surface area contributed by atoms with Crippen LogP contribution >= 0.6 is 0 Å². The largest absolute Gasteiger partial charge is 0.494 e. The van der Waals surface area contributed by atoms with Gasteiger partial charge in [0.05, 0.1) is 6.61 Å². The number of rotatable bonds is 6. The maximum atomic E-state index is 12.3. The predicted octanol–water partition coefficient (Wildman–Crippen LogP) is 4.01. The number of hydrogen-bond acceptors (Lipinski definition) is 3. The van der Waals surface area contributed by atoms with E-state index in [9.17, 15) is 4.79 Å². The standard InChI is InChI=1S/C21H26N2O2/c1-2-25-20-12-6-17(7-13-20)16-22-21(24)18-8-10-19(11-9-18)23-14-4-3-5-15-23/h6-13H,2-5,14-16H2,1H3,(H,22,24). The summed E-state index contributed by atoms with van der Waals surface area (Å²) in [6.07, 6.45) is 3.83. The summed E-state index contributed by atoms with van der Waals surface area (Å²) in [6, 6.07) is 15.7. The number of carbonyl (C=O) groups excluding carboxylic acids is 1. The molecular formula is C21H26N2O2. The van der Waals surface area contributed by atoms with Crippen molar-refractivity contribution in [3.8, 4) is 5.75 Å². The first-order valence-electron chi connectivity index (χ1n) is 9.11. The molecule has 0 aliphatic carbocycles. The molecular weight excluding hydrogens is 312 g/mol. The minimum absolute atomic E-state index is 0.0425. The highest BCUT2D eigenvalue weighted by Gasteiger charge is 2.12. The number of nitrogens with zero attached hydrogens (tertiary/aromatic N) is 1. The Hall–Kier alpha value is -2.49. The number of piperidine rings is 1. The zero-order valence-electron chi connectivity index (χ0n) is 14.8. The van der Waals surface area contributed by atoms with Gasteiger partial charge in [-0.1, -0.05) is 12.1 Å². The van der Waals surface area contributed by atoms with Gasteiger partial charge >= 0.3 is 0 Å². The van der Waals surface area contributed by atoms with E-state index in [-0.39, 0.29) is 5.91 Å². The summed E-state index contributed by atoms with van der Waals surface area (Å²) in [4.78, 5) is 14.7. The Morgan fingerprint density at radius 2 is 1.68 bits per heavy atom. The van der Waals surface area contributed by atoms with Crippen LogP contribution in [0.4, 0.5) is 5.69 Å². The highest BCUT2D eigenvalue weighted by Crippen LogP contribution is 2.20. The zero-order valence-corrected chi connectivity index (χ0v) is 14.8. The van der Waals surface area contributed by atoms with E-state index in [1.165, 1.54) is 24.9 Å². The van der Waals surface area contributed by atoms with E-state index in [4.69, 9.17) is 4.74 Å². The Labute approximate surface area is 149 Å². The number of anilines is 1. The second-order valence-electron chi connectivity index (χ2n) is 6.35. The van der Waals surface area contributed by atoms with E-state index in [1.807, 2.05) is 43.3 Å². The average Bonchev–Trinajstić information content (AvgIpc) is 2.68. The van der Waals surface area contributed by atoms with Gasteiger partial charge in [0.2, 0.25) is 0 Å². The molecule has 4 nitrogen and oxygen atoms in total. The lowest BCUT2D eigenvalue weighted by Crippen LogP contribution is -2.29. The summed E-state index contributed by atoms with van der Waals surface area (Å²) < 4.78 is 5.43. The lowest BCUT2D eigenvalue weighted by atomic mass is 10.1. The second-order valence-corrected chi connectivity index (χ2v) is 6.35. The van der Waals surface area contributed by atoms with Gasteiger partial charge in [0.15, 0.2) is 0 Å². The quantitative estimate of drug-likeness (QED) is 0.865. The predicted molar refractivity (Wildman–Crippen MR) is 101 cm³/mol. The molecule has 0 unspecified atom stereocenters. The molecule has 2 aromatic rings. The lowest BCUT2D eigenvalue weighted by Gasteiger charge is -2.28. The van der Waals surface area contributed by atoms with Gasteiger partial charge in [-0.15, -0.1) is 0 Å². The summed E-state index contributed by atoms with van der Waals surface area (Å²) in [5, 5.41) is 2.97. The van der Waals surface area contributed by atoms with Crippen molar-refractivity contribution in [1.82, 2.24) is 5.32 Å². The van der Waals surface area contributed by atoms with E-state index >= 15 is 0 Å². The number of benzene rings is 2. The number of nitrogens with one attached hydrogen (secondary N) is 1. The van der Waals surface area contributed by atoms with Crippen LogP contribution in [0.25, 0.3) is 0 Å². The van der Waals surface area contributed by atoms with Crippen LogP contribution in [0, 0.1) is 0 Å². The fourth-order valence-corrected chi connectivity index (χ4v) is 3.13. The minimum atomic E-state index is -0.0425. The summed E-state index contributed by atoms with van der Waals surface area (Å²) >= 11 is 0. The van der Waals surface area contributed by atoms with Crippen molar-refractivity contribution in [1.29, 1.82) is 0 Å². The van der Waals surface area contributed by atoms with E-state index in [0.717, 1.165) is 24.4 Å². The van der Waals surface area contributed by atoms with Crippen LogP contribution in [-0.4, -0.2) is 25.6 Å². The topological polar surface area (TPSA) is 41.6 Å². The Morgan fingerprint density at radius 1 is 1.00 bits per heavy atom. The Balaban J connectivity index is 1.53. The highest BCUT2D eigenvalue weighted by atomic mass is 16.5. The van der Waals surface area contributed by atoms with Gasteiger partial charge in [-0.05, 0) is 68.1 Å². The maximum absolute atomic E-state index is 12.3. The smallest absolute Gasteiger partial charge is 0.251 e. The molecule has 0 radical (unpaired) electrons. The fraction of sp³-hybridized carbons (Fsp3) is 0.381. The van der Waals surface area contributed by atoms with Gasteiger partial charge in [0.25, 0.3) is 5.91 Å². The van der Waals surface area contributed by atoms with Gasteiger partial charge < -0.3 is 15.0 Å². The third-order valence-corrected chi connectivity index (χ3v) is 4.54. The van der Waals surface area contributed by atoms with Crippen LogP contribution in [0.1, 0.15) is 42.1 Å². The van der Waals surface area contributed by atoms with Gasteiger partial charge in [0.1, 0.15) is 5.75 Å². The molecule has 0 spiro atoms. The van der Waals surface area contributed by atoms with Crippen molar-refractivity contribution in [2.75, 3.05) is 24.6 Å². The Bertz CT molecular complexity index is 674. The number of hydrogen-bond donors (Lipinski definition) is 1. The third-order valence-electron chi connectivity index (χ3n) is 4.54. The zero-order chi connectivity index (χ0) is 17.5. The van der Waals surface area contributed by atoms with Crippen LogP contribution in [0.3, 0.4) is 0 Å². The van der Waals surface area contributed by atoms with Crippen LogP contribution in [0.5, 0.6) is 5.75 Å². The van der Waals surface area contributed by atoms with Gasteiger partial charge in [0, 0.05) is 30.9 Å². The molecule has 25 heavy (non-hydrogen) atoms. The molecule has 0 atom stereocenters. The molecule has 4 heteroatoms. The molecule has 3 rings (SSSR count). The van der Waals surface area contributed by atoms with Crippen molar-refractivity contribution in [3.63, 3.8) is 0 Å². The van der Waals surface area contributed by atoms with Crippen molar-refractivity contribution < 1.29 is 9.53 Å². The average molecular weight is 338 g/mol. The first-order valence-corrected chi connectivity index (χ1v) is 9.11. The van der Waals surface area contributed by atoms with Crippen LogP contribution in [-0.2, 0) is 6.54 Å². The molecule has 1 aliphatic heterocycles. The van der Waals surface area contributed by atoms with E-state index in [2.05, 4.69) is 22.3 Å². The van der Waals surface area contributed by atoms with Gasteiger partial charge in [-0.2, -0.15) is 0 Å². The normalized spacial score (nSPS) is 14.2. The molecule has 1 fully saturated rings. The van der Waals surface area contributed by atoms with E-state index in [0.29, 0.717) is 18.7 Å². The van der Waals surface area contributed by atoms with Gasteiger partial charge in [-0.25, -0.2) is 0 Å². The number of amides is 1. The molecule has 0 aromatic heterocycles.